The van der Waals surface area contributed by atoms with Gasteiger partial charge in [0.2, 0.25) is 0 Å². The van der Waals surface area contributed by atoms with Crippen molar-refractivity contribution in [3.05, 3.63) is 48.4 Å². The normalized spacial score (nSPS) is 15.8. The number of fused-ring (bicyclic) bond motifs is 1. The molecule has 0 unspecified atom stereocenters. The maximum atomic E-state index is 11.0. The lowest BCUT2D eigenvalue weighted by atomic mass is 10.2. The van der Waals surface area contributed by atoms with Crippen molar-refractivity contribution in [1.82, 2.24) is 19.3 Å². The topological polar surface area (TPSA) is 53.7 Å². The molecule has 1 saturated heterocycles. The SMILES string of the molecule is CN1CCN(c2ccc(-c3cnc4ccc(C=O)cn34)cn2)CC1. The maximum absolute atomic E-state index is 11.0. The summed E-state index contributed by atoms with van der Waals surface area (Å²) in [6.45, 7) is 4.12. The van der Waals surface area contributed by atoms with Crippen LogP contribution in [-0.4, -0.2) is 58.8 Å². The van der Waals surface area contributed by atoms with Crippen LogP contribution in [0.5, 0.6) is 0 Å². The molecule has 0 spiro atoms. The van der Waals surface area contributed by atoms with E-state index in [9.17, 15) is 4.79 Å². The van der Waals surface area contributed by atoms with Crippen LogP contribution in [0.15, 0.2) is 42.9 Å². The molecule has 0 bridgehead atoms. The van der Waals surface area contributed by atoms with Crippen molar-refractivity contribution in [2.45, 2.75) is 0 Å². The second-order valence-electron chi connectivity index (χ2n) is 6.15. The van der Waals surface area contributed by atoms with Crippen molar-refractivity contribution in [3.63, 3.8) is 0 Å². The molecule has 3 aromatic heterocycles. The summed E-state index contributed by atoms with van der Waals surface area (Å²) in [6, 6.07) is 7.74. The fourth-order valence-corrected chi connectivity index (χ4v) is 3.04. The Morgan fingerprint density at radius 1 is 1.00 bits per heavy atom. The molecule has 4 rings (SSSR count). The molecular formula is C18H19N5O. The number of pyridine rings is 2. The minimum absolute atomic E-state index is 0.628. The van der Waals surface area contributed by atoms with Crippen LogP contribution in [0.4, 0.5) is 5.82 Å². The predicted octanol–water partition coefficient (Wildman–Crippen LogP) is 1.96. The zero-order valence-electron chi connectivity index (χ0n) is 13.6. The largest absolute Gasteiger partial charge is 0.354 e. The van der Waals surface area contributed by atoms with Gasteiger partial charge in [-0.2, -0.15) is 0 Å². The van der Waals surface area contributed by atoms with Gasteiger partial charge in [-0.3, -0.25) is 9.20 Å². The Bertz CT molecular complexity index is 863. The summed E-state index contributed by atoms with van der Waals surface area (Å²) in [6.07, 6.45) is 6.35. The van der Waals surface area contributed by atoms with Gasteiger partial charge in [0.05, 0.1) is 11.9 Å². The van der Waals surface area contributed by atoms with Crippen molar-refractivity contribution in [1.29, 1.82) is 0 Å². The third-order valence-electron chi connectivity index (χ3n) is 4.54. The van der Waals surface area contributed by atoms with Crippen molar-refractivity contribution < 1.29 is 4.79 Å². The Morgan fingerprint density at radius 2 is 1.83 bits per heavy atom. The van der Waals surface area contributed by atoms with Gasteiger partial charge in [-0.1, -0.05) is 0 Å². The molecule has 0 radical (unpaired) electrons. The van der Waals surface area contributed by atoms with Gasteiger partial charge >= 0.3 is 0 Å². The van der Waals surface area contributed by atoms with E-state index < -0.39 is 0 Å². The van der Waals surface area contributed by atoms with E-state index in [-0.39, 0.29) is 0 Å². The fourth-order valence-electron chi connectivity index (χ4n) is 3.04. The highest BCUT2D eigenvalue weighted by molar-refractivity contribution is 5.76. The fraction of sp³-hybridized carbons (Fsp3) is 0.278. The van der Waals surface area contributed by atoms with Gasteiger partial charge in [0.1, 0.15) is 11.5 Å². The lowest BCUT2D eigenvalue weighted by molar-refractivity contribution is 0.112. The number of carbonyl (C=O) groups is 1. The van der Waals surface area contributed by atoms with Crippen LogP contribution in [0.25, 0.3) is 16.9 Å². The van der Waals surface area contributed by atoms with Gasteiger partial charge in [0.25, 0.3) is 0 Å². The first kappa shape index (κ1) is 14.8. The van der Waals surface area contributed by atoms with E-state index in [1.807, 2.05) is 22.9 Å². The highest BCUT2D eigenvalue weighted by atomic mass is 16.1. The first-order valence-corrected chi connectivity index (χ1v) is 8.07. The second-order valence-corrected chi connectivity index (χ2v) is 6.15. The number of anilines is 1. The van der Waals surface area contributed by atoms with Crippen LogP contribution in [0, 0.1) is 0 Å². The van der Waals surface area contributed by atoms with Gasteiger partial charge in [-0.05, 0) is 31.3 Å². The molecule has 4 heterocycles. The van der Waals surface area contributed by atoms with E-state index in [1.165, 1.54) is 0 Å². The summed E-state index contributed by atoms with van der Waals surface area (Å²) < 4.78 is 1.93. The predicted molar refractivity (Wildman–Crippen MR) is 93.5 cm³/mol. The quantitative estimate of drug-likeness (QED) is 0.690. The number of rotatable bonds is 3. The smallest absolute Gasteiger partial charge is 0.151 e. The molecular weight excluding hydrogens is 302 g/mol. The third kappa shape index (κ3) is 2.65. The minimum atomic E-state index is 0.628. The van der Waals surface area contributed by atoms with E-state index >= 15 is 0 Å². The molecule has 0 N–H and O–H groups in total. The average Bonchev–Trinajstić information content (AvgIpc) is 3.05. The third-order valence-corrected chi connectivity index (χ3v) is 4.54. The van der Waals surface area contributed by atoms with Crippen LogP contribution in [0.3, 0.4) is 0 Å². The van der Waals surface area contributed by atoms with Crippen molar-refractivity contribution in [2.75, 3.05) is 38.1 Å². The number of carbonyl (C=O) groups excluding carboxylic acids is 1. The van der Waals surface area contributed by atoms with Crippen LogP contribution >= 0.6 is 0 Å². The summed E-state index contributed by atoms with van der Waals surface area (Å²) in [4.78, 5) is 24.7. The first-order chi connectivity index (χ1) is 11.7. The Balaban J connectivity index is 1.64. The number of hydrogen-bond donors (Lipinski definition) is 0. The minimum Gasteiger partial charge on any atom is -0.354 e. The Labute approximate surface area is 140 Å². The van der Waals surface area contributed by atoms with Gasteiger partial charge in [0, 0.05) is 49.7 Å². The van der Waals surface area contributed by atoms with Crippen molar-refractivity contribution >= 4 is 17.8 Å². The lowest BCUT2D eigenvalue weighted by Crippen LogP contribution is -2.44. The van der Waals surface area contributed by atoms with E-state index in [2.05, 4.69) is 38.9 Å². The summed E-state index contributed by atoms with van der Waals surface area (Å²) in [7, 11) is 2.15. The van der Waals surface area contributed by atoms with Gasteiger partial charge < -0.3 is 9.80 Å². The van der Waals surface area contributed by atoms with Crippen LogP contribution in [-0.2, 0) is 0 Å². The summed E-state index contributed by atoms with van der Waals surface area (Å²) in [5, 5.41) is 0. The highest BCUT2D eigenvalue weighted by Gasteiger charge is 2.15. The molecule has 0 aromatic carbocycles. The Hall–Kier alpha value is -2.73. The van der Waals surface area contributed by atoms with E-state index in [0.29, 0.717) is 5.56 Å². The molecule has 122 valence electrons. The maximum Gasteiger partial charge on any atom is 0.151 e. The molecule has 0 saturated carbocycles. The number of hydrogen-bond acceptors (Lipinski definition) is 5. The highest BCUT2D eigenvalue weighted by Crippen LogP contribution is 2.23. The van der Waals surface area contributed by atoms with Crippen molar-refractivity contribution in [2.24, 2.45) is 0 Å². The molecule has 1 aliphatic heterocycles. The first-order valence-electron chi connectivity index (χ1n) is 8.07. The number of aldehydes is 1. The molecule has 1 fully saturated rings. The van der Waals surface area contributed by atoms with Crippen LogP contribution in [0.2, 0.25) is 0 Å². The Kier molecular flexibility index (Phi) is 3.74. The standard InChI is InChI=1S/C18H19N5O/c1-21-6-8-22(9-7-21)17-5-3-15(10-19-17)16-11-20-18-4-2-14(13-24)12-23(16)18/h2-5,10-13H,6-9H2,1H3. The van der Waals surface area contributed by atoms with E-state index in [1.54, 1.807) is 12.3 Å². The average molecular weight is 321 g/mol. The summed E-state index contributed by atoms with van der Waals surface area (Å²) >= 11 is 0. The second kappa shape index (κ2) is 6.05. The van der Waals surface area contributed by atoms with E-state index in [0.717, 1.165) is 55.2 Å². The number of piperazine rings is 1. The number of nitrogens with zero attached hydrogens (tertiary/aromatic N) is 5. The number of likely N-dealkylation sites (N-methyl/N-ethyl adjacent to an activating group) is 1. The lowest BCUT2D eigenvalue weighted by Gasteiger charge is -2.33. The van der Waals surface area contributed by atoms with Gasteiger partial charge in [-0.25, -0.2) is 9.97 Å². The van der Waals surface area contributed by atoms with E-state index in [4.69, 9.17) is 0 Å². The molecule has 0 amide bonds. The zero-order valence-corrected chi connectivity index (χ0v) is 13.6. The van der Waals surface area contributed by atoms with Gasteiger partial charge in [-0.15, -0.1) is 0 Å². The van der Waals surface area contributed by atoms with Crippen LogP contribution in [0.1, 0.15) is 10.4 Å². The molecule has 6 nitrogen and oxygen atoms in total. The van der Waals surface area contributed by atoms with Gasteiger partial charge in [0.15, 0.2) is 6.29 Å². The molecule has 24 heavy (non-hydrogen) atoms. The molecule has 1 aliphatic rings. The Morgan fingerprint density at radius 3 is 2.54 bits per heavy atom. The summed E-state index contributed by atoms with van der Waals surface area (Å²) in [5.41, 5.74) is 3.37. The summed E-state index contributed by atoms with van der Waals surface area (Å²) in [5.74, 6) is 1.01. The monoisotopic (exact) mass is 321 g/mol. The molecule has 0 aliphatic carbocycles. The van der Waals surface area contributed by atoms with Crippen LogP contribution < -0.4 is 4.90 Å². The molecule has 0 atom stereocenters. The number of aromatic nitrogens is 3. The molecule has 3 aromatic rings. The number of imidazole rings is 1. The van der Waals surface area contributed by atoms with Crippen molar-refractivity contribution in [3.8, 4) is 11.3 Å². The zero-order chi connectivity index (χ0) is 16.5. The molecule has 6 heteroatoms.